The van der Waals surface area contributed by atoms with E-state index in [0.717, 1.165) is 5.56 Å². The van der Waals surface area contributed by atoms with Crippen LogP contribution in [-0.2, 0) is 11.3 Å². The van der Waals surface area contributed by atoms with Crippen molar-refractivity contribution in [2.45, 2.75) is 6.54 Å². The zero-order valence-corrected chi connectivity index (χ0v) is 14.3. The van der Waals surface area contributed by atoms with Crippen molar-refractivity contribution in [3.05, 3.63) is 79.8 Å². The van der Waals surface area contributed by atoms with Crippen LogP contribution in [0.4, 0.5) is 5.69 Å². The molecule has 0 saturated carbocycles. The van der Waals surface area contributed by atoms with Crippen LogP contribution in [0.2, 0.25) is 10.0 Å². The van der Waals surface area contributed by atoms with Crippen molar-refractivity contribution in [1.82, 2.24) is 4.90 Å². The van der Waals surface area contributed by atoms with Crippen LogP contribution in [0.15, 0.2) is 48.5 Å². The highest BCUT2D eigenvalue weighted by Crippen LogP contribution is 2.22. The molecule has 0 N–H and O–H groups in total. The molecule has 0 unspecified atom stereocenters. The predicted octanol–water partition coefficient (Wildman–Crippen LogP) is 4.57. The summed E-state index contributed by atoms with van der Waals surface area (Å²) in [4.78, 5) is 24.1. The number of rotatable bonds is 5. The zero-order valence-electron chi connectivity index (χ0n) is 12.8. The van der Waals surface area contributed by atoms with E-state index >= 15 is 0 Å². The molecule has 24 heavy (non-hydrogen) atoms. The van der Waals surface area contributed by atoms with Gasteiger partial charge in [-0.25, -0.2) is 0 Å². The van der Waals surface area contributed by atoms with Crippen LogP contribution in [0.5, 0.6) is 0 Å². The molecule has 7 heteroatoms. The molecular weight excluding hydrogens is 351 g/mol. The second-order valence-corrected chi connectivity index (χ2v) is 5.92. The summed E-state index contributed by atoms with van der Waals surface area (Å²) in [5.41, 5.74) is 1.08. The lowest BCUT2D eigenvalue weighted by Gasteiger charge is -2.16. The third kappa shape index (κ3) is 4.57. The number of likely N-dealkylation sites (N-methyl/N-ethyl adjacent to an activating group) is 1. The zero-order chi connectivity index (χ0) is 17.7. The first-order valence-electron chi connectivity index (χ1n) is 6.99. The summed E-state index contributed by atoms with van der Waals surface area (Å²) in [5, 5.41) is 12.0. The van der Waals surface area contributed by atoms with E-state index in [-0.39, 0.29) is 11.6 Å². The molecule has 0 heterocycles. The number of hydrogen-bond donors (Lipinski definition) is 0. The molecule has 0 aliphatic heterocycles. The van der Waals surface area contributed by atoms with Gasteiger partial charge in [0, 0.05) is 35.8 Å². The SMILES string of the molecule is CN(Cc1ccc(Cl)cc1Cl)C(=O)/C=C/c1ccccc1[N+](=O)[O-]. The van der Waals surface area contributed by atoms with E-state index in [1.165, 1.54) is 23.1 Å². The number of halogens is 2. The molecule has 0 radical (unpaired) electrons. The first-order valence-corrected chi connectivity index (χ1v) is 7.74. The van der Waals surface area contributed by atoms with Crippen LogP contribution in [-0.4, -0.2) is 22.8 Å². The van der Waals surface area contributed by atoms with Crippen molar-refractivity contribution in [3.63, 3.8) is 0 Å². The fraction of sp³-hybridized carbons (Fsp3) is 0.118. The number of nitro groups is 1. The van der Waals surface area contributed by atoms with Gasteiger partial charge in [0.05, 0.1) is 10.5 Å². The van der Waals surface area contributed by atoms with Gasteiger partial charge in [-0.15, -0.1) is 0 Å². The van der Waals surface area contributed by atoms with Gasteiger partial charge in [-0.1, -0.05) is 41.4 Å². The highest BCUT2D eigenvalue weighted by molar-refractivity contribution is 6.35. The first-order chi connectivity index (χ1) is 11.4. The van der Waals surface area contributed by atoms with Crippen molar-refractivity contribution in [1.29, 1.82) is 0 Å². The van der Waals surface area contributed by atoms with E-state index in [4.69, 9.17) is 23.2 Å². The summed E-state index contributed by atoms with van der Waals surface area (Å²) in [6.07, 6.45) is 2.73. The summed E-state index contributed by atoms with van der Waals surface area (Å²) >= 11 is 11.9. The van der Waals surface area contributed by atoms with E-state index < -0.39 is 4.92 Å². The molecule has 0 aromatic heterocycles. The van der Waals surface area contributed by atoms with Gasteiger partial charge >= 0.3 is 0 Å². The molecular formula is C17H14Cl2N2O3. The van der Waals surface area contributed by atoms with Gasteiger partial charge < -0.3 is 4.90 Å². The Kier molecular flexibility index (Phi) is 5.95. The number of hydrogen-bond acceptors (Lipinski definition) is 3. The average molecular weight is 365 g/mol. The fourth-order valence-electron chi connectivity index (χ4n) is 2.07. The minimum atomic E-state index is -0.485. The Labute approximate surface area is 149 Å². The quantitative estimate of drug-likeness (QED) is 0.443. The molecule has 0 bridgehead atoms. The summed E-state index contributed by atoms with van der Waals surface area (Å²) in [6.45, 7) is 0.302. The Bertz CT molecular complexity index is 806. The normalized spacial score (nSPS) is 10.8. The Balaban J connectivity index is 2.10. The summed E-state index contributed by atoms with van der Waals surface area (Å²) in [7, 11) is 1.62. The second-order valence-electron chi connectivity index (χ2n) is 5.08. The van der Waals surface area contributed by atoms with Gasteiger partial charge in [-0.2, -0.15) is 0 Å². The topological polar surface area (TPSA) is 63.5 Å². The molecule has 2 aromatic rings. The maximum atomic E-state index is 12.2. The standard InChI is InChI=1S/C17H14Cl2N2O3/c1-20(11-13-6-8-14(18)10-15(13)19)17(22)9-7-12-4-2-3-5-16(12)21(23)24/h2-10H,11H2,1H3/b9-7+. The van der Waals surface area contributed by atoms with E-state index in [1.54, 1.807) is 43.4 Å². The Morgan fingerprint density at radius 3 is 2.62 bits per heavy atom. The number of benzene rings is 2. The van der Waals surface area contributed by atoms with Crippen LogP contribution in [0, 0.1) is 10.1 Å². The van der Waals surface area contributed by atoms with Crippen LogP contribution >= 0.6 is 23.2 Å². The van der Waals surface area contributed by atoms with Crippen LogP contribution in [0.25, 0.3) is 6.08 Å². The number of carbonyl (C=O) groups is 1. The lowest BCUT2D eigenvalue weighted by Crippen LogP contribution is -2.24. The maximum Gasteiger partial charge on any atom is 0.276 e. The number of nitro benzene ring substituents is 1. The molecule has 1 amide bonds. The van der Waals surface area contributed by atoms with Crippen molar-refractivity contribution in [2.75, 3.05) is 7.05 Å². The lowest BCUT2D eigenvalue weighted by molar-refractivity contribution is -0.385. The molecule has 5 nitrogen and oxygen atoms in total. The van der Waals surface area contributed by atoms with Gasteiger partial charge in [0.25, 0.3) is 5.69 Å². The molecule has 2 aromatic carbocycles. The highest BCUT2D eigenvalue weighted by Gasteiger charge is 2.12. The Morgan fingerprint density at radius 1 is 1.25 bits per heavy atom. The highest BCUT2D eigenvalue weighted by atomic mass is 35.5. The summed E-state index contributed by atoms with van der Waals surface area (Å²) in [5.74, 6) is -0.292. The average Bonchev–Trinajstić information content (AvgIpc) is 2.55. The van der Waals surface area contributed by atoms with Crippen LogP contribution in [0.1, 0.15) is 11.1 Å². The van der Waals surface area contributed by atoms with Gasteiger partial charge in [0.1, 0.15) is 0 Å². The Hall–Kier alpha value is -2.37. The minimum Gasteiger partial charge on any atom is -0.338 e. The maximum absolute atomic E-state index is 12.2. The van der Waals surface area contributed by atoms with Gasteiger partial charge in [0.2, 0.25) is 5.91 Å². The Morgan fingerprint density at radius 2 is 1.96 bits per heavy atom. The van der Waals surface area contributed by atoms with Crippen LogP contribution in [0.3, 0.4) is 0 Å². The van der Waals surface area contributed by atoms with Crippen molar-refractivity contribution in [2.24, 2.45) is 0 Å². The van der Waals surface area contributed by atoms with E-state index in [1.807, 2.05) is 0 Å². The van der Waals surface area contributed by atoms with Gasteiger partial charge in [-0.05, 0) is 29.8 Å². The monoisotopic (exact) mass is 364 g/mol. The smallest absolute Gasteiger partial charge is 0.276 e. The molecule has 0 atom stereocenters. The molecule has 0 aliphatic carbocycles. The summed E-state index contributed by atoms with van der Waals surface area (Å²) < 4.78 is 0. The van der Waals surface area contributed by atoms with Crippen molar-refractivity contribution < 1.29 is 9.72 Å². The number of amides is 1. The van der Waals surface area contributed by atoms with Crippen molar-refractivity contribution >= 4 is 40.9 Å². The molecule has 124 valence electrons. The minimum absolute atomic E-state index is 0.0510. The predicted molar refractivity (Wildman–Crippen MR) is 95.1 cm³/mol. The summed E-state index contributed by atoms with van der Waals surface area (Å²) in [6, 6.07) is 11.3. The number of para-hydroxylation sites is 1. The van der Waals surface area contributed by atoms with Gasteiger partial charge in [-0.3, -0.25) is 14.9 Å². The molecule has 0 saturated heterocycles. The largest absolute Gasteiger partial charge is 0.338 e. The number of carbonyl (C=O) groups excluding carboxylic acids is 1. The van der Waals surface area contributed by atoms with Gasteiger partial charge in [0.15, 0.2) is 0 Å². The van der Waals surface area contributed by atoms with E-state index in [9.17, 15) is 14.9 Å². The number of nitrogens with zero attached hydrogens (tertiary/aromatic N) is 2. The van der Waals surface area contributed by atoms with E-state index in [2.05, 4.69) is 0 Å². The molecule has 0 aliphatic rings. The first kappa shape index (κ1) is 18.0. The third-order valence-corrected chi connectivity index (χ3v) is 3.92. The second kappa shape index (κ2) is 7.95. The van der Waals surface area contributed by atoms with Crippen LogP contribution < -0.4 is 0 Å². The molecule has 0 fully saturated rings. The fourth-order valence-corrected chi connectivity index (χ4v) is 2.53. The molecule has 2 rings (SSSR count). The van der Waals surface area contributed by atoms with E-state index in [0.29, 0.717) is 22.2 Å². The van der Waals surface area contributed by atoms with Crippen molar-refractivity contribution in [3.8, 4) is 0 Å². The molecule has 0 spiro atoms. The third-order valence-electron chi connectivity index (χ3n) is 3.34. The lowest BCUT2D eigenvalue weighted by atomic mass is 10.1.